The second-order valence-electron chi connectivity index (χ2n) is 2.49. The summed E-state index contributed by atoms with van der Waals surface area (Å²) in [6.45, 7) is 2.13. The van der Waals surface area contributed by atoms with Gasteiger partial charge in [0.25, 0.3) is 0 Å². The molecular weight excluding hydrogens is 126 g/mol. The lowest BCUT2D eigenvalue weighted by molar-refractivity contribution is 0.439. The van der Waals surface area contributed by atoms with E-state index >= 15 is 0 Å². The third-order valence-corrected chi connectivity index (χ3v) is 1.80. The van der Waals surface area contributed by atoms with Crippen LogP contribution in [0.4, 0.5) is 0 Å². The smallest absolute Gasteiger partial charge is 0.115 e. The van der Waals surface area contributed by atoms with Crippen molar-refractivity contribution < 1.29 is 0 Å². The Morgan fingerprint density at radius 2 is 2.40 bits per heavy atom. The summed E-state index contributed by atoms with van der Waals surface area (Å²) >= 11 is 0. The van der Waals surface area contributed by atoms with Crippen molar-refractivity contribution in [2.45, 2.75) is 5.92 Å². The van der Waals surface area contributed by atoms with Gasteiger partial charge in [-0.15, -0.1) is 0 Å². The molecule has 1 aromatic rings. The van der Waals surface area contributed by atoms with Crippen molar-refractivity contribution in [3.05, 3.63) is 24.3 Å². The molecule has 52 valence electrons. The summed E-state index contributed by atoms with van der Waals surface area (Å²) in [4.78, 5) is 8.00. The van der Waals surface area contributed by atoms with Crippen LogP contribution in [0.15, 0.2) is 18.6 Å². The van der Waals surface area contributed by atoms with Gasteiger partial charge in [0.05, 0.1) is 0 Å². The van der Waals surface area contributed by atoms with Crippen LogP contribution in [0.25, 0.3) is 0 Å². The molecule has 0 aromatic carbocycles. The van der Waals surface area contributed by atoms with Crippen LogP contribution in [-0.2, 0) is 0 Å². The number of nitrogens with zero attached hydrogens (tertiary/aromatic N) is 2. The van der Waals surface area contributed by atoms with Crippen LogP contribution in [0.5, 0.6) is 0 Å². The van der Waals surface area contributed by atoms with Crippen LogP contribution < -0.4 is 5.32 Å². The second-order valence-corrected chi connectivity index (χ2v) is 2.49. The molecule has 0 aliphatic carbocycles. The average molecular weight is 135 g/mol. The normalized spacial score (nSPS) is 18.4. The molecule has 1 aromatic heterocycles. The van der Waals surface area contributed by atoms with Crippen molar-refractivity contribution in [3.8, 4) is 0 Å². The zero-order valence-electron chi connectivity index (χ0n) is 5.62. The summed E-state index contributed by atoms with van der Waals surface area (Å²) in [5.41, 5.74) is 1.16. The van der Waals surface area contributed by atoms with Crippen LogP contribution in [0.1, 0.15) is 11.6 Å². The predicted octanol–water partition coefficient (Wildman–Crippen LogP) is 0.163. The molecule has 0 spiro atoms. The van der Waals surface area contributed by atoms with E-state index in [0.29, 0.717) is 5.92 Å². The number of aromatic nitrogens is 2. The maximum absolute atomic E-state index is 4.15. The van der Waals surface area contributed by atoms with Crippen molar-refractivity contribution in [1.29, 1.82) is 0 Å². The molecule has 2 heterocycles. The lowest BCUT2D eigenvalue weighted by atomic mass is 9.99. The highest BCUT2D eigenvalue weighted by Gasteiger charge is 2.19. The fraction of sp³-hybridized carbons (Fsp3) is 0.429. The van der Waals surface area contributed by atoms with Gasteiger partial charge in [-0.05, 0) is 6.07 Å². The highest BCUT2D eigenvalue weighted by atomic mass is 15.0. The Morgan fingerprint density at radius 3 is 2.90 bits per heavy atom. The third kappa shape index (κ3) is 0.885. The molecule has 0 bridgehead atoms. The Labute approximate surface area is 59.5 Å². The van der Waals surface area contributed by atoms with Crippen molar-refractivity contribution in [2.24, 2.45) is 0 Å². The quantitative estimate of drug-likeness (QED) is 0.596. The van der Waals surface area contributed by atoms with Crippen LogP contribution in [0.2, 0.25) is 0 Å². The fourth-order valence-corrected chi connectivity index (χ4v) is 1.04. The molecule has 0 amide bonds. The zero-order chi connectivity index (χ0) is 6.81. The minimum absolute atomic E-state index is 0.628. The number of hydrogen-bond donors (Lipinski definition) is 1. The lowest BCUT2D eigenvalue weighted by Gasteiger charge is -2.25. The maximum atomic E-state index is 4.15. The van der Waals surface area contributed by atoms with E-state index in [0.717, 1.165) is 18.8 Å². The Hall–Kier alpha value is -0.960. The Balaban J connectivity index is 2.18. The largest absolute Gasteiger partial charge is 0.315 e. The molecular formula is C7H9N3. The van der Waals surface area contributed by atoms with E-state index in [1.54, 1.807) is 12.5 Å². The van der Waals surface area contributed by atoms with Gasteiger partial charge in [0, 0.05) is 30.9 Å². The summed E-state index contributed by atoms with van der Waals surface area (Å²) in [6.07, 6.45) is 3.40. The molecule has 3 heteroatoms. The molecule has 2 rings (SSSR count). The molecule has 1 N–H and O–H groups in total. The molecule has 1 fully saturated rings. The highest BCUT2D eigenvalue weighted by Crippen LogP contribution is 2.15. The van der Waals surface area contributed by atoms with E-state index in [2.05, 4.69) is 15.3 Å². The third-order valence-electron chi connectivity index (χ3n) is 1.80. The molecule has 1 saturated heterocycles. The fourth-order valence-electron chi connectivity index (χ4n) is 1.04. The summed E-state index contributed by atoms with van der Waals surface area (Å²) < 4.78 is 0. The van der Waals surface area contributed by atoms with Crippen molar-refractivity contribution in [3.63, 3.8) is 0 Å². The van der Waals surface area contributed by atoms with E-state index in [-0.39, 0.29) is 0 Å². The number of nitrogens with one attached hydrogen (secondary N) is 1. The van der Waals surface area contributed by atoms with E-state index in [1.807, 2.05) is 6.07 Å². The summed E-state index contributed by atoms with van der Waals surface area (Å²) in [5, 5.41) is 3.20. The first-order chi connectivity index (χ1) is 4.97. The average Bonchev–Trinajstić information content (AvgIpc) is 1.86. The van der Waals surface area contributed by atoms with Crippen LogP contribution in [0.3, 0.4) is 0 Å². The summed E-state index contributed by atoms with van der Waals surface area (Å²) in [7, 11) is 0. The van der Waals surface area contributed by atoms with E-state index in [4.69, 9.17) is 0 Å². The van der Waals surface area contributed by atoms with Crippen LogP contribution in [0, 0.1) is 0 Å². The van der Waals surface area contributed by atoms with E-state index < -0.39 is 0 Å². The van der Waals surface area contributed by atoms with Gasteiger partial charge in [-0.25, -0.2) is 9.97 Å². The molecule has 1 aliphatic rings. The minimum Gasteiger partial charge on any atom is -0.315 e. The first-order valence-corrected chi connectivity index (χ1v) is 3.43. The SMILES string of the molecule is c1cc(C2CNC2)ncn1. The minimum atomic E-state index is 0.628. The Kier molecular flexibility index (Phi) is 1.36. The molecule has 0 unspecified atom stereocenters. The highest BCUT2D eigenvalue weighted by molar-refractivity contribution is 5.10. The van der Waals surface area contributed by atoms with Gasteiger partial charge >= 0.3 is 0 Å². The molecule has 0 atom stereocenters. The molecule has 1 aliphatic heterocycles. The first kappa shape index (κ1) is 5.80. The number of rotatable bonds is 1. The van der Waals surface area contributed by atoms with Crippen LogP contribution in [-0.4, -0.2) is 23.1 Å². The predicted molar refractivity (Wildman–Crippen MR) is 37.6 cm³/mol. The number of hydrogen-bond acceptors (Lipinski definition) is 3. The van der Waals surface area contributed by atoms with E-state index in [9.17, 15) is 0 Å². The maximum Gasteiger partial charge on any atom is 0.115 e. The standard InChI is InChI=1S/C7H9N3/c1-2-8-5-10-7(1)6-3-9-4-6/h1-2,5-6,9H,3-4H2. The molecule has 0 saturated carbocycles. The second kappa shape index (κ2) is 2.34. The topological polar surface area (TPSA) is 37.8 Å². The molecule has 0 radical (unpaired) electrons. The summed E-state index contributed by atoms with van der Waals surface area (Å²) in [6, 6.07) is 1.98. The molecule has 3 nitrogen and oxygen atoms in total. The van der Waals surface area contributed by atoms with E-state index in [1.165, 1.54) is 0 Å². The Morgan fingerprint density at radius 1 is 1.50 bits per heavy atom. The van der Waals surface area contributed by atoms with Crippen LogP contribution >= 0.6 is 0 Å². The van der Waals surface area contributed by atoms with Crippen molar-refractivity contribution in [1.82, 2.24) is 15.3 Å². The zero-order valence-corrected chi connectivity index (χ0v) is 5.62. The summed E-state index contributed by atoms with van der Waals surface area (Å²) in [5.74, 6) is 0.628. The lowest BCUT2D eigenvalue weighted by Crippen LogP contribution is -2.40. The van der Waals surface area contributed by atoms with Gasteiger partial charge in [0.1, 0.15) is 6.33 Å². The van der Waals surface area contributed by atoms with Gasteiger partial charge in [-0.1, -0.05) is 0 Å². The first-order valence-electron chi connectivity index (χ1n) is 3.43. The van der Waals surface area contributed by atoms with Crippen molar-refractivity contribution >= 4 is 0 Å². The van der Waals surface area contributed by atoms with Gasteiger partial charge in [-0.2, -0.15) is 0 Å². The van der Waals surface area contributed by atoms with Gasteiger partial charge in [-0.3, -0.25) is 0 Å². The van der Waals surface area contributed by atoms with Gasteiger partial charge < -0.3 is 5.32 Å². The monoisotopic (exact) mass is 135 g/mol. The van der Waals surface area contributed by atoms with Gasteiger partial charge in [0.15, 0.2) is 0 Å². The van der Waals surface area contributed by atoms with Crippen molar-refractivity contribution in [2.75, 3.05) is 13.1 Å². The Bertz CT molecular complexity index is 205. The van der Waals surface area contributed by atoms with Gasteiger partial charge in [0.2, 0.25) is 0 Å². The molecule has 10 heavy (non-hydrogen) atoms.